The number of unbranched alkanes of at least 4 members (excludes halogenated alkanes) is 2. The average Bonchev–Trinajstić information content (AvgIpc) is 4.12. The molecule has 4 N–H and O–H groups in total. The average molecular weight is 978 g/mol. The van der Waals surface area contributed by atoms with E-state index in [1.165, 1.54) is 10.4 Å². The number of urea groups is 1. The molecule has 5 aliphatic heterocycles. The van der Waals surface area contributed by atoms with Crippen molar-refractivity contribution in [2.24, 2.45) is 0 Å². The Hall–Kier alpha value is -5.99. The summed E-state index contributed by atoms with van der Waals surface area (Å²) in [7, 11) is 3.32. The van der Waals surface area contributed by atoms with Gasteiger partial charge in [-0.2, -0.15) is 16.1 Å². The molecule has 1 aliphatic carbocycles. The van der Waals surface area contributed by atoms with Crippen LogP contribution >= 0.6 is 11.8 Å². The largest absolute Gasteiger partial charge is 0.456 e. The Kier molecular flexibility index (Phi) is 14.8. The Morgan fingerprint density at radius 1 is 0.956 bits per heavy atom. The van der Waals surface area contributed by atoms with Crippen LogP contribution in [0.15, 0.2) is 70.0 Å². The van der Waals surface area contributed by atoms with Gasteiger partial charge in [-0.05, 0) is 69.2 Å². The molecule has 20 heteroatoms. The molecule has 2 aromatic rings. The fourth-order valence-electron chi connectivity index (χ4n) is 9.42. The fourth-order valence-corrected chi connectivity index (χ4v) is 12.8. The molecule has 0 bridgehead atoms. The van der Waals surface area contributed by atoms with Crippen molar-refractivity contribution in [2.75, 3.05) is 51.9 Å². The summed E-state index contributed by atoms with van der Waals surface area (Å²) >= 11 is 1.83. The summed E-state index contributed by atoms with van der Waals surface area (Å²) in [6.45, 7) is 0.347. The molecule has 2 aromatic carbocycles. The highest BCUT2D eigenvalue weighted by Crippen LogP contribution is 2.44. The molecule has 4 saturated heterocycles. The van der Waals surface area contributed by atoms with Crippen LogP contribution in [0.4, 0.5) is 10.5 Å². The number of nitrogens with zero attached hydrogens (tertiary/aromatic N) is 4. The van der Waals surface area contributed by atoms with E-state index in [0.717, 1.165) is 29.6 Å². The predicted octanol–water partition coefficient (Wildman–Crippen LogP) is 3.56. The van der Waals surface area contributed by atoms with Gasteiger partial charge in [0.1, 0.15) is 37.5 Å². The first-order chi connectivity index (χ1) is 32.6. The molecule has 68 heavy (non-hydrogen) atoms. The van der Waals surface area contributed by atoms with Crippen LogP contribution in [0.1, 0.15) is 70.6 Å². The monoisotopic (exact) mass is 977 g/mol. The number of thioether (sulfide) groups is 1. The number of anilines is 1. The highest BCUT2D eigenvalue weighted by Gasteiger charge is 2.44. The Morgan fingerprint density at radius 2 is 1.74 bits per heavy atom. The smallest absolute Gasteiger partial charge is 0.355 e. The van der Waals surface area contributed by atoms with E-state index in [1.807, 2.05) is 85.8 Å². The number of imide groups is 1. The number of nitrogens with one attached hydrogen (secondary N) is 4. The van der Waals surface area contributed by atoms with Crippen molar-refractivity contribution in [1.29, 1.82) is 0 Å². The number of amides is 6. The second-order valence-electron chi connectivity index (χ2n) is 18.2. The summed E-state index contributed by atoms with van der Waals surface area (Å²) in [4.78, 5) is 84.3. The minimum Gasteiger partial charge on any atom is -0.456 e. The number of carbonyl (C=O) groups is 6. The van der Waals surface area contributed by atoms with Crippen LogP contribution in [0.3, 0.4) is 0 Å². The minimum atomic E-state index is -4.38. The van der Waals surface area contributed by atoms with Gasteiger partial charge in [0.05, 0.1) is 23.0 Å². The lowest BCUT2D eigenvalue weighted by molar-refractivity contribution is -0.199. The third-order valence-electron chi connectivity index (χ3n) is 13.1. The number of rotatable bonds is 18. The number of carbonyl (C=O) groups excluding carboxylic acids is 6. The Bertz CT molecular complexity index is 2760. The van der Waals surface area contributed by atoms with Crippen molar-refractivity contribution in [3.63, 3.8) is 0 Å². The molecule has 0 spiro atoms. The maximum atomic E-state index is 15.0. The van der Waals surface area contributed by atoms with Crippen LogP contribution < -0.4 is 36.1 Å². The number of hydrogen-bond donors (Lipinski definition) is 4. The van der Waals surface area contributed by atoms with Crippen LogP contribution in [0, 0.1) is 0 Å². The normalized spacial score (nSPS) is 20.9. The van der Waals surface area contributed by atoms with E-state index in [0.29, 0.717) is 82.4 Å². The first-order valence-corrected chi connectivity index (χ1v) is 25.7. The summed E-state index contributed by atoms with van der Waals surface area (Å²) in [6, 6.07) is 15.9. The summed E-state index contributed by atoms with van der Waals surface area (Å²) in [5, 5.41) is 13.9. The summed E-state index contributed by atoms with van der Waals surface area (Å²) in [5.41, 5.74) is 3.22. The third kappa shape index (κ3) is 10.4. The molecule has 5 heterocycles. The van der Waals surface area contributed by atoms with Gasteiger partial charge in [-0.25, -0.2) is 22.6 Å². The maximum Gasteiger partial charge on any atom is 0.355 e. The standard InChI is InChI=1S/C48H58N8O10S2/c1-53(2)29-18-20-31-37(26-29)65-38-27-30(54(3)4)19-21-32(38)44(31)33-12-5-7-16-40(33)68(63,64)55-25-11-14-36(55)46(60)50-34(47(61)66-56-42(58)22-23-43(56)59)13-9-10-24-49-41(57)17-8-6-15-39-45-35(28-67-39)51-48(62)52-45/h5,7,12,16,18-21,26-27,34-36,39,45H,6,8-11,13-15,17,22-25,28H2,1-4H3,(H3-,49,50,51,52,57,60,62)/p+1/t34?,35-,36?,39-,45-/m0/s1/i11+1,14+1,25+1,36+1,46+1,55+1. The number of sulfonamides is 1. The van der Waals surface area contributed by atoms with Gasteiger partial charge in [0.2, 0.25) is 27.2 Å². The predicted molar refractivity (Wildman–Crippen MR) is 257 cm³/mol. The molecule has 6 aliphatic rings. The van der Waals surface area contributed by atoms with Crippen molar-refractivity contribution in [3.8, 4) is 22.5 Å². The number of hydroxylamine groups is 2. The first-order valence-electron chi connectivity index (χ1n) is 23.2. The van der Waals surface area contributed by atoms with E-state index in [1.54, 1.807) is 18.2 Å². The van der Waals surface area contributed by atoms with E-state index in [2.05, 4.69) is 21.3 Å². The summed E-state index contributed by atoms with van der Waals surface area (Å²) < 4.78 is 39.6. The zero-order valence-electron chi connectivity index (χ0n) is 38.7. The lowest BCUT2D eigenvalue weighted by Gasteiger charge is -2.27. The summed E-state index contributed by atoms with van der Waals surface area (Å²) in [5.74, 6) is -1.80. The van der Waals surface area contributed by atoms with E-state index < -0.39 is 45.8 Å². The minimum absolute atomic E-state index is 0.00601. The van der Waals surface area contributed by atoms with Gasteiger partial charge < -0.3 is 35.4 Å². The molecule has 5 atom stereocenters. The number of hydrogen-bond acceptors (Lipinski definition) is 12. The molecule has 8 rings (SSSR count). The van der Waals surface area contributed by atoms with Gasteiger partial charge >= 0.3 is 12.0 Å². The first kappa shape index (κ1) is 48.5. The van der Waals surface area contributed by atoms with Gasteiger partial charge in [-0.15, -0.1) is 5.06 Å². The highest BCUT2D eigenvalue weighted by molar-refractivity contribution is 8.00. The van der Waals surface area contributed by atoms with Crippen molar-refractivity contribution < 1.29 is 46.4 Å². The van der Waals surface area contributed by atoms with Gasteiger partial charge in [-0.3, -0.25) is 19.2 Å². The zero-order chi connectivity index (χ0) is 48.3. The van der Waals surface area contributed by atoms with E-state index in [-0.39, 0.29) is 61.1 Å². The quantitative estimate of drug-likeness (QED) is 0.0214. The van der Waals surface area contributed by atoms with E-state index >= 15 is 8.42 Å². The topological polar surface area (TPSA) is 220 Å². The van der Waals surface area contributed by atoms with Crippen LogP contribution in [-0.4, -0.2) is 130 Å². The van der Waals surface area contributed by atoms with Crippen molar-refractivity contribution >= 4 is 74.1 Å². The maximum absolute atomic E-state index is 15.0. The second kappa shape index (κ2) is 20.7. The van der Waals surface area contributed by atoms with Crippen LogP contribution in [0.2, 0.25) is 0 Å². The molecule has 0 saturated carbocycles. The fraction of sp³-hybridized carbons (Fsp3) is 0.479. The number of benzene rings is 3. The lowest BCUT2D eigenvalue weighted by atomic mass is 9.93. The Balaban J connectivity index is 0.960. The molecule has 0 radical (unpaired) electrons. The molecule has 362 valence electrons. The lowest BCUT2D eigenvalue weighted by Crippen LogP contribution is -2.52. The Morgan fingerprint density at radius 3 is 2.50 bits per heavy atom. The second-order valence-corrected chi connectivity index (χ2v) is 21.3. The number of fused-ring (bicyclic) bond motifs is 3. The van der Waals surface area contributed by atoms with Gasteiger partial charge in [0.15, 0.2) is 0 Å². The molecule has 4 fully saturated rings. The van der Waals surface area contributed by atoms with Crippen LogP contribution in [0.5, 0.6) is 0 Å². The van der Waals surface area contributed by atoms with Crippen molar-refractivity contribution in [1.82, 2.24) is 35.2 Å². The molecular formula is C48H59N8O10S2+. The molecule has 6 amide bonds. The van der Waals surface area contributed by atoms with E-state index in [4.69, 9.17) is 9.25 Å². The third-order valence-corrected chi connectivity index (χ3v) is 16.6. The zero-order valence-corrected chi connectivity index (χ0v) is 40.4. The van der Waals surface area contributed by atoms with E-state index in [9.17, 15) is 28.8 Å². The van der Waals surface area contributed by atoms with Crippen LogP contribution in [-0.2, 0) is 38.8 Å². The van der Waals surface area contributed by atoms with Gasteiger partial charge in [0.25, 0.3) is 11.8 Å². The molecule has 18 nitrogen and oxygen atoms in total. The summed E-state index contributed by atoms with van der Waals surface area (Å²) in [6.07, 6.45) is 3.88. The molecular weight excluding hydrogens is 919 g/mol. The highest BCUT2D eigenvalue weighted by atomic mass is 32.2. The van der Waals surface area contributed by atoms with Crippen LogP contribution in [0.25, 0.3) is 33.4 Å². The SMILES string of the molecule is CN(C)c1ccc2c(-c3ccccc3S(=O)(=O)[15N]3[13CH2][13CH2][13CH2][13CH]3[13C](=O)NC(CCCCNC(=O)CCCC[C@@H]3SC[C@@H]4NC(=O)N[C@@H]43)C(=O)ON3C(=O)CCC3=O)c3ccc(=[N+](C)C)cc-3oc2c1. The molecule has 2 unspecified atom stereocenters. The van der Waals surface area contributed by atoms with Gasteiger partial charge in [0, 0.05) is 97.3 Å². The van der Waals surface area contributed by atoms with Crippen molar-refractivity contribution in [3.05, 3.63) is 66.0 Å². The van der Waals surface area contributed by atoms with Crippen molar-refractivity contribution in [2.45, 2.75) is 105 Å². The Labute approximate surface area is 399 Å². The molecule has 0 aromatic heterocycles. The van der Waals surface area contributed by atoms with Gasteiger partial charge in [-0.1, -0.05) is 24.6 Å².